The molecular formula is C16H18N2O5. The van der Waals surface area contributed by atoms with Gasteiger partial charge in [-0.25, -0.2) is 9.69 Å². The number of cyclic esters (lactones) is 1. The fourth-order valence-electron chi connectivity index (χ4n) is 2.97. The van der Waals surface area contributed by atoms with Gasteiger partial charge in [-0.2, -0.15) is 0 Å². The van der Waals surface area contributed by atoms with Gasteiger partial charge in [-0.1, -0.05) is 12.1 Å². The van der Waals surface area contributed by atoms with Gasteiger partial charge in [-0.05, 0) is 24.1 Å². The molecule has 0 bridgehead atoms. The SMILES string of the molecule is COc1cccc(CC(=O)N2CCC(N3C(=O)COC3=O)C2)c1. The topological polar surface area (TPSA) is 76.2 Å². The van der Waals surface area contributed by atoms with E-state index in [-0.39, 0.29) is 30.9 Å². The summed E-state index contributed by atoms with van der Waals surface area (Å²) in [4.78, 5) is 38.5. The summed E-state index contributed by atoms with van der Waals surface area (Å²) in [6.07, 6.45) is 0.245. The van der Waals surface area contributed by atoms with Crippen LogP contribution in [0, 0.1) is 0 Å². The molecule has 1 atom stereocenters. The quantitative estimate of drug-likeness (QED) is 0.821. The second-order valence-corrected chi connectivity index (χ2v) is 5.63. The van der Waals surface area contributed by atoms with Crippen LogP contribution in [0.5, 0.6) is 5.75 Å². The predicted octanol–water partition coefficient (Wildman–Crippen LogP) is 0.817. The molecule has 7 nitrogen and oxygen atoms in total. The second-order valence-electron chi connectivity index (χ2n) is 5.63. The van der Waals surface area contributed by atoms with Crippen LogP contribution in [0.15, 0.2) is 24.3 Å². The molecule has 7 heteroatoms. The molecule has 2 saturated heterocycles. The van der Waals surface area contributed by atoms with E-state index in [2.05, 4.69) is 0 Å². The highest BCUT2D eigenvalue weighted by Gasteiger charge is 2.41. The van der Waals surface area contributed by atoms with Gasteiger partial charge in [0.25, 0.3) is 5.91 Å². The van der Waals surface area contributed by atoms with Crippen molar-refractivity contribution in [2.75, 3.05) is 26.8 Å². The lowest BCUT2D eigenvalue weighted by molar-refractivity contribution is -0.131. The molecule has 0 radical (unpaired) electrons. The number of hydrogen-bond donors (Lipinski definition) is 0. The lowest BCUT2D eigenvalue weighted by Crippen LogP contribution is -2.42. The first kappa shape index (κ1) is 15.3. The molecule has 23 heavy (non-hydrogen) atoms. The Balaban J connectivity index is 1.61. The maximum atomic E-state index is 12.4. The van der Waals surface area contributed by atoms with Crippen molar-refractivity contribution in [3.63, 3.8) is 0 Å². The molecule has 3 rings (SSSR count). The molecule has 1 aromatic rings. The van der Waals surface area contributed by atoms with Crippen LogP contribution in [0.3, 0.4) is 0 Å². The largest absolute Gasteiger partial charge is 0.497 e. The van der Waals surface area contributed by atoms with Crippen LogP contribution >= 0.6 is 0 Å². The Labute approximate surface area is 133 Å². The van der Waals surface area contributed by atoms with E-state index in [0.29, 0.717) is 25.3 Å². The Morgan fingerprint density at radius 3 is 2.91 bits per heavy atom. The molecule has 0 aromatic heterocycles. The fraction of sp³-hybridized carbons (Fsp3) is 0.438. The van der Waals surface area contributed by atoms with E-state index in [1.807, 2.05) is 24.3 Å². The minimum atomic E-state index is -0.609. The van der Waals surface area contributed by atoms with Crippen LogP contribution in [0.25, 0.3) is 0 Å². The molecule has 1 aromatic carbocycles. The van der Waals surface area contributed by atoms with Gasteiger partial charge in [0, 0.05) is 13.1 Å². The number of likely N-dealkylation sites (tertiary alicyclic amines) is 1. The highest BCUT2D eigenvalue weighted by molar-refractivity contribution is 5.98. The number of imide groups is 1. The molecule has 2 aliphatic rings. The van der Waals surface area contributed by atoms with Gasteiger partial charge in [0.1, 0.15) is 5.75 Å². The zero-order valence-corrected chi connectivity index (χ0v) is 12.9. The van der Waals surface area contributed by atoms with Crippen molar-refractivity contribution in [2.45, 2.75) is 18.9 Å². The van der Waals surface area contributed by atoms with E-state index < -0.39 is 6.09 Å². The van der Waals surface area contributed by atoms with E-state index in [9.17, 15) is 14.4 Å². The molecule has 0 N–H and O–H groups in total. The number of benzene rings is 1. The lowest BCUT2D eigenvalue weighted by atomic mass is 10.1. The Hall–Kier alpha value is -2.57. The Bertz CT molecular complexity index is 629. The van der Waals surface area contributed by atoms with Gasteiger partial charge >= 0.3 is 6.09 Å². The Kier molecular flexibility index (Phi) is 4.18. The van der Waals surface area contributed by atoms with E-state index in [4.69, 9.17) is 9.47 Å². The van der Waals surface area contributed by atoms with Crippen molar-refractivity contribution in [3.8, 4) is 5.75 Å². The first-order chi connectivity index (χ1) is 11.1. The van der Waals surface area contributed by atoms with Crippen LogP contribution < -0.4 is 4.74 Å². The minimum Gasteiger partial charge on any atom is -0.497 e. The van der Waals surface area contributed by atoms with Crippen molar-refractivity contribution in [1.82, 2.24) is 9.80 Å². The molecule has 1 unspecified atom stereocenters. The molecule has 2 fully saturated rings. The van der Waals surface area contributed by atoms with Gasteiger partial charge < -0.3 is 14.4 Å². The van der Waals surface area contributed by atoms with Crippen LogP contribution in [-0.2, 0) is 20.7 Å². The van der Waals surface area contributed by atoms with Crippen molar-refractivity contribution in [3.05, 3.63) is 29.8 Å². The maximum absolute atomic E-state index is 12.4. The van der Waals surface area contributed by atoms with Gasteiger partial charge in [-0.15, -0.1) is 0 Å². The molecule has 2 heterocycles. The monoisotopic (exact) mass is 318 g/mol. The van der Waals surface area contributed by atoms with Gasteiger partial charge in [0.2, 0.25) is 5.91 Å². The molecule has 0 saturated carbocycles. The normalized spacial score (nSPS) is 20.8. The smallest absolute Gasteiger partial charge is 0.417 e. The highest BCUT2D eigenvalue weighted by atomic mass is 16.6. The third kappa shape index (κ3) is 3.13. The molecule has 0 aliphatic carbocycles. The standard InChI is InChI=1S/C16H18N2O5/c1-22-13-4-2-3-11(7-13)8-14(19)17-6-5-12(9-17)18-15(20)10-23-16(18)21/h2-4,7,12H,5-6,8-10H2,1H3. The summed E-state index contributed by atoms with van der Waals surface area (Å²) in [7, 11) is 1.58. The van der Waals surface area contributed by atoms with Crippen molar-refractivity contribution < 1.29 is 23.9 Å². The summed E-state index contributed by atoms with van der Waals surface area (Å²) in [6.45, 7) is 0.696. The maximum Gasteiger partial charge on any atom is 0.417 e. The number of carbonyl (C=O) groups excluding carboxylic acids is 3. The molecular weight excluding hydrogens is 300 g/mol. The van der Waals surface area contributed by atoms with E-state index in [0.717, 1.165) is 10.5 Å². The second kappa shape index (κ2) is 6.28. The van der Waals surface area contributed by atoms with Crippen molar-refractivity contribution >= 4 is 17.9 Å². The number of rotatable bonds is 4. The number of amides is 3. The fourth-order valence-corrected chi connectivity index (χ4v) is 2.97. The summed E-state index contributed by atoms with van der Waals surface area (Å²) in [5.74, 6) is 0.350. The predicted molar refractivity (Wildman–Crippen MR) is 79.9 cm³/mol. The van der Waals surface area contributed by atoms with Gasteiger partial charge in [-0.3, -0.25) is 9.59 Å². The minimum absolute atomic E-state index is 0.0271. The zero-order valence-electron chi connectivity index (χ0n) is 12.9. The summed E-state index contributed by atoms with van der Waals surface area (Å²) >= 11 is 0. The molecule has 2 aliphatic heterocycles. The molecule has 3 amide bonds. The number of hydrogen-bond acceptors (Lipinski definition) is 5. The van der Waals surface area contributed by atoms with Crippen LogP contribution in [0.2, 0.25) is 0 Å². The van der Waals surface area contributed by atoms with E-state index in [1.165, 1.54) is 0 Å². The van der Waals surface area contributed by atoms with Crippen LogP contribution in [-0.4, -0.2) is 60.6 Å². The summed E-state index contributed by atoms with van der Waals surface area (Å²) in [6, 6.07) is 7.08. The first-order valence-electron chi connectivity index (χ1n) is 7.48. The van der Waals surface area contributed by atoms with Crippen LogP contribution in [0.4, 0.5) is 4.79 Å². The summed E-state index contributed by atoms with van der Waals surface area (Å²) in [5, 5.41) is 0. The zero-order chi connectivity index (χ0) is 16.4. The van der Waals surface area contributed by atoms with Crippen molar-refractivity contribution in [1.29, 1.82) is 0 Å². The lowest BCUT2D eigenvalue weighted by Gasteiger charge is -2.20. The van der Waals surface area contributed by atoms with Gasteiger partial charge in [0.05, 0.1) is 19.6 Å². The third-order valence-corrected chi connectivity index (χ3v) is 4.16. The number of methoxy groups -OCH3 is 1. The number of carbonyl (C=O) groups is 3. The summed E-state index contributed by atoms with van der Waals surface area (Å²) in [5.41, 5.74) is 0.870. The number of nitrogens with zero attached hydrogens (tertiary/aromatic N) is 2. The van der Waals surface area contributed by atoms with Crippen LogP contribution in [0.1, 0.15) is 12.0 Å². The molecule has 122 valence electrons. The van der Waals surface area contributed by atoms with E-state index >= 15 is 0 Å². The number of ether oxygens (including phenoxy) is 2. The summed E-state index contributed by atoms with van der Waals surface area (Å²) < 4.78 is 9.88. The average molecular weight is 318 g/mol. The Morgan fingerprint density at radius 2 is 2.22 bits per heavy atom. The molecule has 0 spiro atoms. The van der Waals surface area contributed by atoms with Gasteiger partial charge in [0.15, 0.2) is 6.61 Å². The highest BCUT2D eigenvalue weighted by Crippen LogP contribution is 2.21. The van der Waals surface area contributed by atoms with E-state index in [1.54, 1.807) is 12.0 Å². The first-order valence-corrected chi connectivity index (χ1v) is 7.48. The Morgan fingerprint density at radius 1 is 1.39 bits per heavy atom. The average Bonchev–Trinajstić information content (AvgIpc) is 3.14. The van der Waals surface area contributed by atoms with Crippen molar-refractivity contribution in [2.24, 2.45) is 0 Å². The third-order valence-electron chi connectivity index (χ3n) is 4.16.